The van der Waals surface area contributed by atoms with Crippen LogP contribution in [0.5, 0.6) is 0 Å². The van der Waals surface area contributed by atoms with Crippen molar-refractivity contribution in [2.24, 2.45) is 5.73 Å². The quantitative estimate of drug-likeness (QED) is 0.684. The first-order chi connectivity index (χ1) is 13.0. The average molecular weight is 374 g/mol. The number of carbonyl (C=O) groups is 3. The number of hydrogen-bond acceptors (Lipinski definition) is 5. The van der Waals surface area contributed by atoms with Crippen LogP contribution >= 0.6 is 0 Å². The van der Waals surface area contributed by atoms with Gasteiger partial charge in [0.05, 0.1) is 6.61 Å². The van der Waals surface area contributed by atoms with E-state index in [1.54, 1.807) is 29.2 Å². The Hall–Kier alpha value is -2.45. The maximum absolute atomic E-state index is 12.7. The normalized spacial score (nSPS) is 18.9. The third-order valence-corrected chi connectivity index (χ3v) is 5.19. The summed E-state index contributed by atoms with van der Waals surface area (Å²) in [6.07, 6.45) is 3.07. The zero-order valence-corrected chi connectivity index (χ0v) is 15.5. The van der Waals surface area contributed by atoms with E-state index >= 15 is 0 Å². The summed E-state index contributed by atoms with van der Waals surface area (Å²) in [6, 6.07) is 6.21. The first kappa shape index (κ1) is 19.3. The molecule has 8 heteroatoms. The molecule has 0 radical (unpaired) electrons. The number of anilines is 2. The van der Waals surface area contributed by atoms with Crippen LogP contribution in [-0.4, -0.2) is 61.0 Å². The Morgan fingerprint density at radius 2 is 2.04 bits per heavy atom. The van der Waals surface area contributed by atoms with E-state index in [4.69, 9.17) is 10.5 Å². The molecule has 3 amide bonds. The summed E-state index contributed by atoms with van der Waals surface area (Å²) in [5.41, 5.74) is 6.83. The van der Waals surface area contributed by atoms with Crippen LogP contribution in [0.4, 0.5) is 11.4 Å². The second-order valence-electron chi connectivity index (χ2n) is 6.85. The van der Waals surface area contributed by atoms with Gasteiger partial charge in [-0.3, -0.25) is 19.3 Å². The molecule has 3 rings (SSSR count). The van der Waals surface area contributed by atoms with Crippen molar-refractivity contribution >= 4 is 29.1 Å². The SMILES string of the molecule is CCN(C1CCC1)[C@H](C(N)=O)C(=O)Nc1ccc(N2CCOCC2=O)cc1. The number of amides is 3. The smallest absolute Gasteiger partial charge is 0.253 e. The minimum Gasteiger partial charge on any atom is -0.370 e. The van der Waals surface area contributed by atoms with E-state index in [9.17, 15) is 14.4 Å². The fourth-order valence-electron chi connectivity index (χ4n) is 3.54. The molecule has 0 spiro atoms. The molecule has 1 heterocycles. The zero-order chi connectivity index (χ0) is 19.4. The van der Waals surface area contributed by atoms with Crippen LogP contribution in [0.25, 0.3) is 0 Å². The van der Waals surface area contributed by atoms with Crippen LogP contribution in [0.2, 0.25) is 0 Å². The summed E-state index contributed by atoms with van der Waals surface area (Å²) in [6.45, 7) is 3.59. The van der Waals surface area contributed by atoms with Crippen molar-refractivity contribution < 1.29 is 19.1 Å². The van der Waals surface area contributed by atoms with Crippen molar-refractivity contribution in [3.05, 3.63) is 24.3 Å². The van der Waals surface area contributed by atoms with Crippen molar-refractivity contribution in [3.63, 3.8) is 0 Å². The van der Waals surface area contributed by atoms with Crippen molar-refractivity contribution in [2.75, 3.05) is 36.5 Å². The highest BCUT2D eigenvalue weighted by atomic mass is 16.5. The van der Waals surface area contributed by atoms with Crippen molar-refractivity contribution in [2.45, 2.75) is 38.3 Å². The molecule has 1 atom stereocenters. The van der Waals surface area contributed by atoms with Crippen LogP contribution in [0.15, 0.2) is 24.3 Å². The summed E-state index contributed by atoms with van der Waals surface area (Å²) < 4.78 is 5.13. The number of nitrogens with one attached hydrogen (secondary N) is 1. The molecule has 0 aromatic heterocycles. The molecule has 2 aliphatic rings. The number of rotatable bonds is 7. The number of primary amides is 1. The highest BCUT2D eigenvalue weighted by Gasteiger charge is 2.37. The van der Waals surface area contributed by atoms with Gasteiger partial charge in [0.1, 0.15) is 6.61 Å². The van der Waals surface area contributed by atoms with Crippen molar-refractivity contribution in [1.29, 1.82) is 0 Å². The van der Waals surface area contributed by atoms with Gasteiger partial charge in [-0.1, -0.05) is 13.3 Å². The van der Waals surface area contributed by atoms with Gasteiger partial charge in [-0.25, -0.2) is 0 Å². The van der Waals surface area contributed by atoms with E-state index in [1.165, 1.54) is 0 Å². The van der Waals surface area contributed by atoms with Gasteiger partial charge in [-0.05, 0) is 43.7 Å². The van der Waals surface area contributed by atoms with Gasteiger partial charge in [0.2, 0.25) is 5.91 Å². The molecule has 1 aliphatic heterocycles. The van der Waals surface area contributed by atoms with E-state index in [-0.39, 0.29) is 18.6 Å². The molecule has 1 aromatic carbocycles. The van der Waals surface area contributed by atoms with Crippen LogP contribution in [0.1, 0.15) is 26.2 Å². The lowest BCUT2D eigenvalue weighted by molar-refractivity contribution is -0.134. The number of carbonyl (C=O) groups excluding carboxylic acids is 3. The maximum atomic E-state index is 12.7. The minimum atomic E-state index is -0.985. The Bertz CT molecular complexity index is 702. The van der Waals surface area contributed by atoms with Gasteiger partial charge >= 0.3 is 0 Å². The molecule has 1 aliphatic carbocycles. The van der Waals surface area contributed by atoms with Crippen LogP contribution in [0, 0.1) is 0 Å². The predicted octanol–water partition coefficient (Wildman–Crippen LogP) is 0.717. The summed E-state index contributed by atoms with van der Waals surface area (Å²) in [5.74, 6) is -1.16. The average Bonchev–Trinajstić information content (AvgIpc) is 2.60. The number of nitrogens with zero attached hydrogens (tertiary/aromatic N) is 2. The van der Waals surface area contributed by atoms with Crippen LogP contribution < -0.4 is 16.0 Å². The molecule has 3 N–H and O–H groups in total. The molecule has 146 valence electrons. The fourth-order valence-corrected chi connectivity index (χ4v) is 3.54. The molecule has 27 heavy (non-hydrogen) atoms. The minimum absolute atomic E-state index is 0.0762. The molecule has 0 unspecified atom stereocenters. The Morgan fingerprint density at radius 3 is 2.56 bits per heavy atom. The predicted molar refractivity (Wildman–Crippen MR) is 101 cm³/mol. The Labute approximate surface area is 158 Å². The first-order valence-corrected chi connectivity index (χ1v) is 9.35. The topological polar surface area (TPSA) is 105 Å². The van der Waals surface area contributed by atoms with Gasteiger partial charge in [0, 0.05) is 24.0 Å². The molecule has 1 saturated carbocycles. The number of ether oxygens (including phenoxy) is 1. The number of nitrogens with two attached hydrogens (primary N) is 1. The van der Waals surface area contributed by atoms with Gasteiger partial charge in [0.25, 0.3) is 11.8 Å². The van der Waals surface area contributed by atoms with Crippen molar-refractivity contribution in [1.82, 2.24) is 4.90 Å². The first-order valence-electron chi connectivity index (χ1n) is 9.35. The molecular formula is C19H26N4O4. The van der Waals surface area contributed by atoms with Gasteiger partial charge < -0.3 is 20.7 Å². The lowest BCUT2D eigenvalue weighted by Gasteiger charge is -2.40. The maximum Gasteiger partial charge on any atom is 0.253 e. The van der Waals surface area contributed by atoms with Crippen LogP contribution in [-0.2, 0) is 19.1 Å². The molecule has 1 saturated heterocycles. The summed E-state index contributed by atoms with van der Waals surface area (Å²) >= 11 is 0. The number of hydrogen-bond donors (Lipinski definition) is 2. The highest BCUT2D eigenvalue weighted by Crippen LogP contribution is 2.27. The molecule has 2 fully saturated rings. The van der Waals surface area contributed by atoms with E-state index in [1.807, 2.05) is 11.8 Å². The second kappa shape index (κ2) is 8.49. The largest absolute Gasteiger partial charge is 0.370 e. The lowest BCUT2D eigenvalue weighted by Crippen LogP contribution is -2.57. The number of morpholine rings is 1. The summed E-state index contributed by atoms with van der Waals surface area (Å²) in [4.78, 5) is 40.1. The van der Waals surface area contributed by atoms with E-state index in [2.05, 4.69) is 5.32 Å². The summed E-state index contributed by atoms with van der Waals surface area (Å²) in [5, 5.41) is 2.77. The standard InChI is InChI=1S/C19H26N4O4/c1-2-22(14-4-3-5-14)17(18(20)25)19(26)21-13-6-8-15(9-7-13)23-10-11-27-12-16(23)24/h6-9,14,17H,2-5,10-12H2,1H3,(H2,20,25)(H,21,26)/t17-/m1/s1. The summed E-state index contributed by atoms with van der Waals surface area (Å²) in [7, 11) is 0. The fraction of sp³-hybridized carbons (Fsp3) is 0.526. The highest BCUT2D eigenvalue weighted by molar-refractivity contribution is 6.09. The number of benzene rings is 1. The van der Waals surface area contributed by atoms with Crippen molar-refractivity contribution in [3.8, 4) is 0 Å². The van der Waals surface area contributed by atoms with E-state index in [0.717, 1.165) is 24.9 Å². The Balaban J connectivity index is 1.68. The van der Waals surface area contributed by atoms with Gasteiger partial charge in [0.15, 0.2) is 6.04 Å². The number of likely N-dealkylation sites (N-methyl/N-ethyl adjacent to an activating group) is 1. The molecule has 0 bridgehead atoms. The monoisotopic (exact) mass is 374 g/mol. The van der Waals surface area contributed by atoms with Crippen LogP contribution in [0.3, 0.4) is 0 Å². The Morgan fingerprint density at radius 1 is 1.33 bits per heavy atom. The van der Waals surface area contributed by atoms with E-state index < -0.39 is 17.9 Å². The van der Waals surface area contributed by atoms with Gasteiger partial charge in [-0.2, -0.15) is 0 Å². The van der Waals surface area contributed by atoms with Gasteiger partial charge in [-0.15, -0.1) is 0 Å². The van der Waals surface area contributed by atoms with E-state index in [0.29, 0.717) is 25.4 Å². The third kappa shape index (κ3) is 4.28. The lowest BCUT2D eigenvalue weighted by atomic mass is 9.90. The zero-order valence-electron chi connectivity index (χ0n) is 15.5. The second-order valence-corrected chi connectivity index (χ2v) is 6.85. The molecule has 8 nitrogen and oxygen atoms in total. The molecular weight excluding hydrogens is 348 g/mol. The molecule has 1 aromatic rings. The Kier molecular flexibility index (Phi) is 6.08. The third-order valence-electron chi connectivity index (χ3n) is 5.19.